The molecule has 0 aliphatic carbocycles. The van der Waals surface area contributed by atoms with E-state index in [-0.39, 0.29) is 12.4 Å². The highest BCUT2D eigenvalue weighted by atomic mass is 19.4. The quantitative estimate of drug-likeness (QED) is 0.805. The fraction of sp³-hybridized carbons (Fsp3) is 0.625. The van der Waals surface area contributed by atoms with Crippen LogP contribution in [0.5, 0.6) is 5.75 Å². The van der Waals surface area contributed by atoms with Crippen LogP contribution < -0.4 is 10.1 Å². The molecule has 0 bridgehead atoms. The molecule has 2 rings (SSSR count). The number of hydrogen-bond donors (Lipinski definition) is 2. The number of alkyl halides is 3. The molecule has 7 heteroatoms. The van der Waals surface area contributed by atoms with Gasteiger partial charge in [-0.15, -0.1) is 13.2 Å². The van der Waals surface area contributed by atoms with Crippen molar-refractivity contribution >= 4 is 0 Å². The lowest BCUT2D eigenvalue weighted by atomic mass is 9.97. The van der Waals surface area contributed by atoms with Crippen LogP contribution >= 0.6 is 0 Å². The lowest BCUT2D eigenvalue weighted by molar-refractivity contribution is -0.274. The third kappa shape index (κ3) is 6.37. The van der Waals surface area contributed by atoms with Crippen LogP contribution in [-0.4, -0.2) is 49.2 Å². The normalized spacial score (nSPS) is 17.4. The number of ether oxygens (including phenoxy) is 1. The first-order valence-corrected chi connectivity index (χ1v) is 7.85. The molecule has 1 aliphatic heterocycles. The number of nitrogens with zero attached hydrogens (tertiary/aromatic N) is 1. The van der Waals surface area contributed by atoms with E-state index in [2.05, 4.69) is 15.0 Å². The molecule has 4 nitrogen and oxygen atoms in total. The van der Waals surface area contributed by atoms with Gasteiger partial charge in [0, 0.05) is 18.7 Å². The van der Waals surface area contributed by atoms with E-state index in [0.717, 1.165) is 32.5 Å². The third-order valence-electron chi connectivity index (χ3n) is 4.07. The van der Waals surface area contributed by atoms with Gasteiger partial charge in [0.2, 0.25) is 0 Å². The van der Waals surface area contributed by atoms with Crippen molar-refractivity contribution < 1.29 is 23.0 Å². The molecule has 0 saturated carbocycles. The molecule has 130 valence electrons. The summed E-state index contributed by atoms with van der Waals surface area (Å²) in [6.07, 6.45) is -2.60. The van der Waals surface area contributed by atoms with Gasteiger partial charge in [-0.3, -0.25) is 0 Å². The summed E-state index contributed by atoms with van der Waals surface area (Å²) in [6.45, 7) is 3.93. The van der Waals surface area contributed by atoms with E-state index in [1.54, 1.807) is 12.1 Å². The Balaban J connectivity index is 1.77. The van der Waals surface area contributed by atoms with Gasteiger partial charge in [-0.2, -0.15) is 0 Å². The number of hydrogen-bond acceptors (Lipinski definition) is 4. The van der Waals surface area contributed by atoms with Crippen molar-refractivity contribution in [3.63, 3.8) is 0 Å². The molecule has 1 aromatic carbocycles. The molecule has 0 atom stereocenters. The number of rotatable bonds is 7. The Bertz CT molecular complexity index is 475. The van der Waals surface area contributed by atoms with Gasteiger partial charge in [-0.1, -0.05) is 18.2 Å². The van der Waals surface area contributed by atoms with Gasteiger partial charge >= 0.3 is 6.36 Å². The Labute approximate surface area is 134 Å². The summed E-state index contributed by atoms with van der Waals surface area (Å²) in [5.41, 5.74) is 0.502. The van der Waals surface area contributed by atoms with Crippen molar-refractivity contribution in [1.82, 2.24) is 10.2 Å². The second kappa shape index (κ2) is 8.52. The van der Waals surface area contributed by atoms with Crippen LogP contribution in [0.15, 0.2) is 24.3 Å². The first kappa shape index (κ1) is 18.0. The van der Waals surface area contributed by atoms with E-state index in [0.29, 0.717) is 24.6 Å². The van der Waals surface area contributed by atoms with Gasteiger partial charge in [0.25, 0.3) is 0 Å². The summed E-state index contributed by atoms with van der Waals surface area (Å²) in [5.74, 6) is 0.367. The summed E-state index contributed by atoms with van der Waals surface area (Å²) in [4.78, 5) is 2.23. The predicted molar refractivity (Wildman–Crippen MR) is 81.1 cm³/mol. The van der Waals surface area contributed by atoms with E-state index >= 15 is 0 Å². The predicted octanol–water partition coefficient (Wildman–Crippen LogP) is 2.38. The summed E-state index contributed by atoms with van der Waals surface area (Å²) in [7, 11) is 0. The van der Waals surface area contributed by atoms with E-state index in [1.807, 2.05) is 0 Å². The summed E-state index contributed by atoms with van der Waals surface area (Å²) < 4.78 is 41.2. The molecule has 0 aromatic heterocycles. The molecule has 1 heterocycles. The fourth-order valence-electron chi connectivity index (χ4n) is 2.84. The van der Waals surface area contributed by atoms with Crippen LogP contribution in [0.25, 0.3) is 0 Å². The van der Waals surface area contributed by atoms with Crippen molar-refractivity contribution in [1.29, 1.82) is 0 Å². The second-order valence-corrected chi connectivity index (χ2v) is 5.80. The number of aliphatic hydroxyl groups is 1. The molecular formula is C16H23F3N2O2. The van der Waals surface area contributed by atoms with E-state index in [9.17, 15) is 13.2 Å². The highest BCUT2D eigenvalue weighted by Crippen LogP contribution is 2.26. The van der Waals surface area contributed by atoms with Crippen LogP contribution in [0.4, 0.5) is 13.2 Å². The Kier molecular flexibility index (Phi) is 6.68. The highest BCUT2D eigenvalue weighted by Gasteiger charge is 2.31. The number of halogens is 3. The van der Waals surface area contributed by atoms with Gasteiger partial charge in [0.15, 0.2) is 0 Å². The lowest BCUT2D eigenvalue weighted by Crippen LogP contribution is -2.38. The maximum Gasteiger partial charge on any atom is 0.573 e. The minimum atomic E-state index is -4.67. The molecule has 0 amide bonds. The van der Waals surface area contributed by atoms with Crippen LogP contribution in [0.3, 0.4) is 0 Å². The second-order valence-electron chi connectivity index (χ2n) is 5.80. The van der Waals surface area contributed by atoms with Crippen molar-refractivity contribution in [2.75, 3.05) is 32.8 Å². The molecule has 1 saturated heterocycles. The number of nitrogens with one attached hydrogen (secondary N) is 1. The van der Waals surface area contributed by atoms with Crippen LogP contribution in [0.2, 0.25) is 0 Å². The molecule has 0 spiro atoms. The van der Waals surface area contributed by atoms with Crippen LogP contribution in [0, 0.1) is 5.92 Å². The van der Waals surface area contributed by atoms with E-state index < -0.39 is 6.36 Å². The average Bonchev–Trinajstić information content (AvgIpc) is 2.49. The van der Waals surface area contributed by atoms with Crippen molar-refractivity contribution in [2.24, 2.45) is 5.92 Å². The number of para-hydroxylation sites is 1. The molecule has 1 fully saturated rings. The van der Waals surface area contributed by atoms with Gasteiger partial charge < -0.3 is 20.1 Å². The Morgan fingerprint density at radius 2 is 1.91 bits per heavy atom. The highest BCUT2D eigenvalue weighted by molar-refractivity contribution is 5.33. The van der Waals surface area contributed by atoms with Crippen LogP contribution in [0.1, 0.15) is 18.4 Å². The molecule has 0 radical (unpaired) electrons. The number of piperidine rings is 1. The zero-order valence-electron chi connectivity index (χ0n) is 13.0. The fourth-order valence-corrected chi connectivity index (χ4v) is 2.84. The van der Waals surface area contributed by atoms with Crippen molar-refractivity contribution in [2.45, 2.75) is 25.7 Å². The Morgan fingerprint density at radius 3 is 2.57 bits per heavy atom. The summed E-state index contributed by atoms with van der Waals surface area (Å²) >= 11 is 0. The smallest absolute Gasteiger partial charge is 0.405 e. The third-order valence-corrected chi connectivity index (χ3v) is 4.07. The van der Waals surface area contributed by atoms with Crippen molar-refractivity contribution in [3.8, 4) is 5.75 Å². The number of β-amino-alcohol motifs (C(OH)–C–C–N with tert-alkyl or cyclic N) is 1. The van der Waals surface area contributed by atoms with Gasteiger partial charge in [0.1, 0.15) is 5.75 Å². The first-order valence-electron chi connectivity index (χ1n) is 7.85. The van der Waals surface area contributed by atoms with Crippen molar-refractivity contribution in [3.05, 3.63) is 29.8 Å². The summed E-state index contributed by atoms with van der Waals surface area (Å²) in [6, 6.07) is 6.20. The number of likely N-dealkylation sites (tertiary alicyclic amines) is 1. The van der Waals surface area contributed by atoms with Gasteiger partial charge in [-0.05, 0) is 44.5 Å². The number of aliphatic hydroxyl groups excluding tert-OH is 1. The van der Waals surface area contributed by atoms with Gasteiger partial charge in [0.05, 0.1) is 6.61 Å². The zero-order valence-corrected chi connectivity index (χ0v) is 13.0. The first-order chi connectivity index (χ1) is 11.0. The maximum absolute atomic E-state index is 12.4. The average molecular weight is 332 g/mol. The maximum atomic E-state index is 12.4. The molecule has 1 aliphatic rings. The van der Waals surface area contributed by atoms with E-state index in [4.69, 9.17) is 5.11 Å². The minimum Gasteiger partial charge on any atom is -0.405 e. The topological polar surface area (TPSA) is 44.7 Å². The molecule has 2 N–H and O–H groups in total. The number of benzene rings is 1. The Hall–Kier alpha value is -1.31. The standard InChI is InChI=1S/C16H23F3N2O2/c17-16(18,19)23-15-4-2-1-3-14(15)12-20-11-13-5-7-21(8-6-13)9-10-22/h1-4,13,20,22H,5-12H2. The Morgan fingerprint density at radius 1 is 1.22 bits per heavy atom. The minimum absolute atomic E-state index is 0.148. The molecular weight excluding hydrogens is 309 g/mol. The lowest BCUT2D eigenvalue weighted by Gasteiger charge is -2.31. The van der Waals surface area contributed by atoms with E-state index in [1.165, 1.54) is 12.1 Å². The zero-order chi connectivity index (χ0) is 16.7. The van der Waals surface area contributed by atoms with Crippen LogP contribution in [-0.2, 0) is 6.54 Å². The largest absolute Gasteiger partial charge is 0.573 e. The summed E-state index contributed by atoms with van der Waals surface area (Å²) in [5, 5.41) is 12.1. The molecule has 23 heavy (non-hydrogen) atoms. The monoisotopic (exact) mass is 332 g/mol. The molecule has 0 unspecified atom stereocenters. The SMILES string of the molecule is OCCN1CCC(CNCc2ccccc2OC(F)(F)F)CC1. The molecule has 1 aromatic rings. The van der Waals surface area contributed by atoms with Gasteiger partial charge in [-0.25, -0.2) is 0 Å².